The zero-order chi connectivity index (χ0) is 18.8. The summed E-state index contributed by atoms with van der Waals surface area (Å²) in [6.07, 6.45) is 2.55. The molecule has 1 aromatic heterocycles. The molecule has 2 saturated heterocycles. The number of pyridine rings is 1. The van der Waals surface area contributed by atoms with E-state index < -0.39 is 5.97 Å². The molecule has 2 aliphatic heterocycles. The number of benzene rings is 1. The number of morpholine rings is 1. The first-order chi connectivity index (χ1) is 13.2. The number of carbonyl (C=O) groups excluding carboxylic acids is 1. The molecule has 0 bridgehead atoms. The molecule has 1 aromatic carbocycles. The summed E-state index contributed by atoms with van der Waals surface area (Å²) in [5, 5.41) is 0.656. The lowest BCUT2D eigenvalue weighted by atomic mass is 10.1. The Bertz CT molecular complexity index is 839. The second-order valence-corrected chi connectivity index (χ2v) is 6.94. The largest absolute Gasteiger partial charge is 0.462 e. The molecule has 3 heterocycles. The fraction of sp³-hybridized carbons (Fsp3) is 0.500. The van der Waals surface area contributed by atoms with Gasteiger partial charge in [0.2, 0.25) is 0 Å². The topological polar surface area (TPSA) is 54.9 Å². The number of hydrogen-bond donors (Lipinski definition) is 0. The van der Waals surface area contributed by atoms with Crippen molar-refractivity contribution in [2.24, 2.45) is 0 Å². The molecule has 2 aromatic rings. The zero-order valence-corrected chi connectivity index (χ0v) is 15.5. The molecule has 0 radical (unpaired) electrons. The Labute approximate surface area is 157 Å². The highest BCUT2D eigenvalue weighted by molar-refractivity contribution is 6.05. The molecule has 6 nitrogen and oxygen atoms in total. The Morgan fingerprint density at radius 1 is 1.33 bits per heavy atom. The number of ether oxygens (including phenoxy) is 2. The molecule has 2 aliphatic rings. The molecule has 0 N–H and O–H groups in total. The Morgan fingerprint density at radius 2 is 2.15 bits per heavy atom. The summed E-state index contributed by atoms with van der Waals surface area (Å²) in [6.45, 7) is 7.03. The average Bonchev–Trinajstić information content (AvgIpc) is 3.17. The summed E-state index contributed by atoms with van der Waals surface area (Å²) in [6, 6.07) is 4.91. The summed E-state index contributed by atoms with van der Waals surface area (Å²) in [5.41, 5.74) is 1.81. The molecule has 27 heavy (non-hydrogen) atoms. The lowest BCUT2D eigenvalue weighted by molar-refractivity contribution is 0.0209. The van der Waals surface area contributed by atoms with Crippen molar-refractivity contribution in [1.82, 2.24) is 9.88 Å². The van der Waals surface area contributed by atoms with E-state index in [9.17, 15) is 9.18 Å². The van der Waals surface area contributed by atoms with Crippen molar-refractivity contribution >= 4 is 22.6 Å². The van der Waals surface area contributed by atoms with Gasteiger partial charge in [-0.3, -0.25) is 9.88 Å². The van der Waals surface area contributed by atoms with Crippen molar-refractivity contribution in [3.05, 3.63) is 35.8 Å². The van der Waals surface area contributed by atoms with Crippen molar-refractivity contribution < 1.29 is 18.7 Å². The summed E-state index contributed by atoms with van der Waals surface area (Å²) in [5.74, 6) is -0.753. The Hall–Kier alpha value is -2.25. The van der Waals surface area contributed by atoms with Crippen molar-refractivity contribution in [3.8, 4) is 0 Å². The van der Waals surface area contributed by atoms with Gasteiger partial charge in [0.05, 0.1) is 31.0 Å². The van der Waals surface area contributed by atoms with Gasteiger partial charge < -0.3 is 14.4 Å². The van der Waals surface area contributed by atoms with Crippen LogP contribution in [0.25, 0.3) is 10.9 Å². The predicted molar refractivity (Wildman–Crippen MR) is 101 cm³/mol. The van der Waals surface area contributed by atoms with Gasteiger partial charge in [0.25, 0.3) is 0 Å². The SMILES string of the molecule is CCOC(=O)c1cnc2ccc(F)cc2c1N1CCC(N2CCOCC2)C1. The van der Waals surface area contributed by atoms with E-state index in [0.29, 0.717) is 22.5 Å². The van der Waals surface area contributed by atoms with Gasteiger partial charge >= 0.3 is 5.97 Å². The maximum atomic E-state index is 14.0. The summed E-state index contributed by atoms with van der Waals surface area (Å²) in [4.78, 5) is 21.5. The summed E-state index contributed by atoms with van der Waals surface area (Å²) in [7, 11) is 0. The van der Waals surface area contributed by atoms with E-state index in [1.165, 1.54) is 12.1 Å². The Kier molecular flexibility index (Phi) is 5.22. The van der Waals surface area contributed by atoms with Crippen LogP contribution in [-0.4, -0.2) is 67.9 Å². The minimum Gasteiger partial charge on any atom is -0.462 e. The maximum absolute atomic E-state index is 14.0. The molecule has 7 heteroatoms. The highest BCUT2D eigenvalue weighted by atomic mass is 19.1. The highest BCUT2D eigenvalue weighted by Crippen LogP contribution is 2.34. The third-order valence-electron chi connectivity index (χ3n) is 5.34. The van der Waals surface area contributed by atoms with Crippen LogP contribution in [0.2, 0.25) is 0 Å². The van der Waals surface area contributed by atoms with Crippen LogP contribution in [0.3, 0.4) is 0 Å². The lowest BCUT2D eigenvalue weighted by Crippen LogP contribution is -2.44. The van der Waals surface area contributed by atoms with Crippen LogP contribution in [0.4, 0.5) is 10.1 Å². The minimum atomic E-state index is -0.416. The average molecular weight is 373 g/mol. The minimum absolute atomic E-state index is 0.288. The molecular weight excluding hydrogens is 349 g/mol. The van der Waals surface area contributed by atoms with E-state index >= 15 is 0 Å². The first-order valence-electron chi connectivity index (χ1n) is 9.49. The Balaban J connectivity index is 1.71. The first-order valence-corrected chi connectivity index (χ1v) is 9.49. The monoisotopic (exact) mass is 373 g/mol. The molecule has 144 valence electrons. The molecular formula is C20H24FN3O3. The standard InChI is InChI=1S/C20H24FN3O3/c1-2-27-20(25)17-12-22-18-4-3-14(21)11-16(18)19(17)24-6-5-15(13-24)23-7-9-26-10-8-23/h3-4,11-12,15H,2,5-10,13H2,1H3. The van der Waals surface area contributed by atoms with Crippen molar-refractivity contribution in [1.29, 1.82) is 0 Å². The number of rotatable bonds is 4. The summed E-state index contributed by atoms with van der Waals surface area (Å²) >= 11 is 0. The van der Waals surface area contributed by atoms with E-state index in [0.717, 1.165) is 51.5 Å². The van der Waals surface area contributed by atoms with Crippen LogP contribution in [0.15, 0.2) is 24.4 Å². The number of anilines is 1. The van der Waals surface area contributed by atoms with E-state index in [2.05, 4.69) is 14.8 Å². The lowest BCUT2D eigenvalue weighted by Gasteiger charge is -2.32. The normalized spacial score (nSPS) is 21.0. The predicted octanol–water partition coefficient (Wildman–Crippen LogP) is 2.46. The van der Waals surface area contributed by atoms with Gasteiger partial charge in [-0.2, -0.15) is 0 Å². The van der Waals surface area contributed by atoms with Gasteiger partial charge in [-0.05, 0) is 31.5 Å². The fourth-order valence-corrected chi connectivity index (χ4v) is 4.04. The number of fused-ring (bicyclic) bond motifs is 1. The number of nitrogens with zero attached hydrogens (tertiary/aromatic N) is 3. The number of aromatic nitrogens is 1. The molecule has 0 saturated carbocycles. The third kappa shape index (κ3) is 3.61. The van der Waals surface area contributed by atoms with Crippen molar-refractivity contribution in [2.45, 2.75) is 19.4 Å². The third-order valence-corrected chi connectivity index (χ3v) is 5.34. The molecule has 2 fully saturated rings. The highest BCUT2D eigenvalue weighted by Gasteiger charge is 2.32. The number of carbonyl (C=O) groups is 1. The van der Waals surface area contributed by atoms with Gasteiger partial charge in [-0.15, -0.1) is 0 Å². The molecule has 1 unspecified atom stereocenters. The van der Waals surface area contributed by atoms with Gasteiger partial charge in [0.1, 0.15) is 11.4 Å². The Morgan fingerprint density at radius 3 is 2.93 bits per heavy atom. The first kappa shape index (κ1) is 18.1. The van der Waals surface area contributed by atoms with Gasteiger partial charge in [0, 0.05) is 43.8 Å². The molecule has 1 atom stereocenters. The second-order valence-electron chi connectivity index (χ2n) is 6.94. The van der Waals surface area contributed by atoms with E-state index in [1.54, 1.807) is 19.2 Å². The second kappa shape index (κ2) is 7.78. The molecule has 0 amide bonds. The van der Waals surface area contributed by atoms with Crippen LogP contribution in [0.1, 0.15) is 23.7 Å². The molecule has 4 rings (SSSR count). The van der Waals surface area contributed by atoms with Gasteiger partial charge in [-0.25, -0.2) is 9.18 Å². The van der Waals surface area contributed by atoms with E-state index in [1.807, 2.05) is 0 Å². The van der Waals surface area contributed by atoms with Crippen LogP contribution < -0.4 is 4.90 Å². The smallest absolute Gasteiger partial charge is 0.341 e. The number of hydrogen-bond acceptors (Lipinski definition) is 6. The summed E-state index contributed by atoms with van der Waals surface area (Å²) < 4.78 is 24.6. The van der Waals surface area contributed by atoms with E-state index in [4.69, 9.17) is 9.47 Å². The van der Waals surface area contributed by atoms with Crippen LogP contribution in [0, 0.1) is 5.82 Å². The fourth-order valence-electron chi connectivity index (χ4n) is 4.04. The quantitative estimate of drug-likeness (QED) is 0.768. The van der Waals surface area contributed by atoms with Crippen LogP contribution >= 0.6 is 0 Å². The van der Waals surface area contributed by atoms with Crippen molar-refractivity contribution in [3.63, 3.8) is 0 Å². The number of halogens is 1. The molecule has 0 spiro atoms. The van der Waals surface area contributed by atoms with Crippen LogP contribution in [0.5, 0.6) is 0 Å². The maximum Gasteiger partial charge on any atom is 0.341 e. The van der Waals surface area contributed by atoms with E-state index in [-0.39, 0.29) is 12.4 Å². The van der Waals surface area contributed by atoms with Gasteiger partial charge in [0.15, 0.2) is 0 Å². The zero-order valence-electron chi connectivity index (χ0n) is 15.5. The van der Waals surface area contributed by atoms with Gasteiger partial charge in [-0.1, -0.05) is 0 Å². The van der Waals surface area contributed by atoms with Crippen LogP contribution in [-0.2, 0) is 9.47 Å². The molecule has 0 aliphatic carbocycles. The van der Waals surface area contributed by atoms with Crippen molar-refractivity contribution in [2.75, 3.05) is 50.9 Å². The number of esters is 1.